The Balaban J connectivity index is 1.39. The van der Waals surface area contributed by atoms with E-state index in [9.17, 15) is 4.79 Å². The number of aliphatic imine (C=N–C) groups is 1. The molecule has 172 valence electrons. The predicted octanol–water partition coefficient (Wildman–Crippen LogP) is 6.42. The molecule has 7 nitrogen and oxygen atoms in total. The van der Waals surface area contributed by atoms with Gasteiger partial charge >= 0.3 is 5.97 Å². The van der Waals surface area contributed by atoms with Crippen LogP contribution in [0.5, 0.6) is 23.0 Å². The second-order valence-electron chi connectivity index (χ2n) is 7.39. The maximum absolute atomic E-state index is 10.9. The molecule has 0 radical (unpaired) electrons. The van der Waals surface area contributed by atoms with Gasteiger partial charge in [0.1, 0.15) is 23.9 Å². The highest BCUT2D eigenvalue weighted by molar-refractivity contribution is 5.84. The second kappa shape index (κ2) is 10.4. The Hall–Kier alpha value is -4.52. The van der Waals surface area contributed by atoms with Crippen molar-refractivity contribution in [2.24, 2.45) is 4.99 Å². The molecule has 0 unspecified atom stereocenters. The zero-order valence-electron chi connectivity index (χ0n) is 18.7. The topological polar surface area (TPSA) is 90.5 Å². The van der Waals surface area contributed by atoms with Crippen molar-refractivity contribution in [3.05, 3.63) is 102 Å². The van der Waals surface area contributed by atoms with Crippen LogP contribution < -0.4 is 14.2 Å². The number of ether oxygens (including phenoxy) is 3. The summed E-state index contributed by atoms with van der Waals surface area (Å²) in [5.74, 6) is 1.74. The molecule has 4 rings (SSSR count). The molecule has 1 heterocycles. The highest BCUT2D eigenvalue weighted by Gasteiger charge is 2.11. The molecule has 0 bridgehead atoms. The Labute approximate surface area is 196 Å². The molecule has 0 atom stereocenters. The highest BCUT2D eigenvalue weighted by Crippen LogP contribution is 2.29. The van der Waals surface area contributed by atoms with E-state index in [-0.39, 0.29) is 12.4 Å². The standard InChI is InChI=1S/C27H23NO6/c1-18-5-3-4-6-23(18)33-21-10-8-20(9-11-21)28-16-19-7-13-24(26(15-19)31-2)32-17-22-12-14-25(34-22)27(29)30/h3-16H,17H2,1-2H3,(H,29,30). The van der Waals surface area contributed by atoms with E-state index < -0.39 is 5.97 Å². The summed E-state index contributed by atoms with van der Waals surface area (Å²) in [6.45, 7) is 2.08. The molecule has 0 saturated carbocycles. The van der Waals surface area contributed by atoms with E-state index in [0.29, 0.717) is 17.3 Å². The maximum atomic E-state index is 10.9. The van der Waals surface area contributed by atoms with Gasteiger partial charge in [-0.1, -0.05) is 18.2 Å². The average molecular weight is 457 g/mol. The fourth-order valence-corrected chi connectivity index (χ4v) is 3.15. The quantitative estimate of drug-likeness (QED) is 0.292. The smallest absolute Gasteiger partial charge is 0.371 e. The van der Waals surface area contributed by atoms with Crippen LogP contribution in [0, 0.1) is 6.92 Å². The second-order valence-corrected chi connectivity index (χ2v) is 7.39. The average Bonchev–Trinajstić information content (AvgIpc) is 3.33. The summed E-state index contributed by atoms with van der Waals surface area (Å²) in [7, 11) is 1.55. The number of aryl methyl sites for hydroxylation is 1. The number of carboxylic acids is 1. The van der Waals surface area contributed by atoms with E-state index in [1.54, 1.807) is 31.5 Å². The lowest BCUT2D eigenvalue weighted by molar-refractivity contribution is 0.0658. The van der Waals surface area contributed by atoms with E-state index in [4.69, 9.17) is 23.7 Å². The van der Waals surface area contributed by atoms with Gasteiger partial charge in [0.2, 0.25) is 5.76 Å². The number of methoxy groups -OCH3 is 1. The number of carbonyl (C=O) groups is 1. The van der Waals surface area contributed by atoms with Gasteiger partial charge in [0.05, 0.1) is 12.8 Å². The van der Waals surface area contributed by atoms with Gasteiger partial charge < -0.3 is 23.7 Å². The maximum Gasteiger partial charge on any atom is 0.371 e. The van der Waals surface area contributed by atoms with Crippen LogP contribution >= 0.6 is 0 Å². The number of furan rings is 1. The molecule has 0 amide bonds. The number of nitrogens with zero attached hydrogens (tertiary/aromatic N) is 1. The number of hydrogen-bond acceptors (Lipinski definition) is 6. The van der Waals surface area contributed by atoms with Gasteiger partial charge in [0.15, 0.2) is 11.5 Å². The Kier molecular flexibility index (Phi) is 6.93. The number of para-hydroxylation sites is 1. The lowest BCUT2D eigenvalue weighted by Gasteiger charge is -2.10. The molecule has 0 aliphatic rings. The summed E-state index contributed by atoms with van der Waals surface area (Å²) >= 11 is 0. The van der Waals surface area contributed by atoms with Crippen molar-refractivity contribution in [2.45, 2.75) is 13.5 Å². The fourth-order valence-electron chi connectivity index (χ4n) is 3.15. The molecular weight excluding hydrogens is 434 g/mol. The van der Waals surface area contributed by atoms with E-state index in [2.05, 4.69) is 4.99 Å². The minimum atomic E-state index is -1.12. The van der Waals surface area contributed by atoms with Crippen molar-refractivity contribution in [1.82, 2.24) is 0 Å². The first-order valence-electron chi connectivity index (χ1n) is 10.5. The Morgan fingerprint density at radius 3 is 2.47 bits per heavy atom. The number of carboxylic acid groups (broad SMARTS) is 1. The lowest BCUT2D eigenvalue weighted by Crippen LogP contribution is -1.98. The van der Waals surface area contributed by atoms with Gasteiger partial charge in [0.25, 0.3) is 0 Å². The molecule has 0 saturated heterocycles. The molecule has 7 heteroatoms. The van der Waals surface area contributed by atoms with Crippen LogP contribution in [0.1, 0.15) is 27.4 Å². The zero-order chi connectivity index (χ0) is 23.9. The molecule has 0 aliphatic heterocycles. The van der Waals surface area contributed by atoms with Crippen LogP contribution in [0.4, 0.5) is 5.69 Å². The van der Waals surface area contributed by atoms with Gasteiger partial charge in [-0.2, -0.15) is 0 Å². The third-order valence-electron chi connectivity index (χ3n) is 4.95. The van der Waals surface area contributed by atoms with Crippen molar-refractivity contribution >= 4 is 17.9 Å². The van der Waals surface area contributed by atoms with E-state index in [1.165, 1.54) is 6.07 Å². The van der Waals surface area contributed by atoms with Crippen LogP contribution in [0.15, 0.2) is 88.3 Å². The van der Waals surface area contributed by atoms with Crippen molar-refractivity contribution in [2.75, 3.05) is 7.11 Å². The minimum absolute atomic E-state index is 0.0774. The molecule has 1 aromatic heterocycles. The third-order valence-corrected chi connectivity index (χ3v) is 4.95. The molecular formula is C27H23NO6. The third kappa shape index (κ3) is 5.63. The van der Waals surface area contributed by atoms with Gasteiger partial charge in [0, 0.05) is 6.21 Å². The molecule has 1 N–H and O–H groups in total. The van der Waals surface area contributed by atoms with E-state index in [1.807, 2.05) is 61.5 Å². The van der Waals surface area contributed by atoms with Crippen LogP contribution in [-0.4, -0.2) is 24.4 Å². The lowest BCUT2D eigenvalue weighted by atomic mass is 10.2. The molecule has 3 aromatic carbocycles. The first-order valence-corrected chi connectivity index (χ1v) is 10.5. The van der Waals surface area contributed by atoms with Gasteiger partial charge in [-0.3, -0.25) is 4.99 Å². The van der Waals surface area contributed by atoms with E-state index in [0.717, 1.165) is 28.3 Å². The largest absolute Gasteiger partial charge is 0.493 e. The number of rotatable bonds is 9. The van der Waals surface area contributed by atoms with Crippen molar-refractivity contribution in [3.8, 4) is 23.0 Å². The molecule has 34 heavy (non-hydrogen) atoms. The van der Waals surface area contributed by atoms with Crippen LogP contribution in [0.25, 0.3) is 0 Å². The molecule has 0 fully saturated rings. The number of aromatic carboxylic acids is 1. The zero-order valence-corrected chi connectivity index (χ0v) is 18.7. The number of hydrogen-bond donors (Lipinski definition) is 1. The summed E-state index contributed by atoms with van der Waals surface area (Å²) in [5, 5.41) is 8.94. The van der Waals surface area contributed by atoms with Gasteiger partial charge in [-0.25, -0.2) is 4.79 Å². The Morgan fingerprint density at radius 1 is 0.971 bits per heavy atom. The fraction of sp³-hybridized carbons (Fsp3) is 0.111. The van der Waals surface area contributed by atoms with Crippen molar-refractivity contribution in [1.29, 1.82) is 0 Å². The van der Waals surface area contributed by atoms with Gasteiger partial charge in [-0.05, 0) is 78.7 Å². The van der Waals surface area contributed by atoms with Crippen molar-refractivity contribution < 1.29 is 28.5 Å². The Morgan fingerprint density at radius 2 is 1.76 bits per heavy atom. The summed E-state index contributed by atoms with van der Waals surface area (Å²) in [6.07, 6.45) is 1.73. The first-order chi connectivity index (χ1) is 16.5. The van der Waals surface area contributed by atoms with Crippen molar-refractivity contribution in [3.63, 3.8) is 0 Å². The number of benzene rings is 3. The molecule has 0 spiro atoms. The molecule has 4 aromatic rings. The van der Waals surface area contributed by atoms with Crippen LogP contribution in [0.2, 0.25) is 0 Å². The SMILES string of the molecule is COc1cc(C=Nc2ccc(Oc3ccccc3C)cc2)ccc1OCc1ccc(C(=O)O)o1. The minimum Gasteiger partial charge on any atom is -0.493 e. The van der Waals surface area contributed by atoms with Crippen LogP contribution in [-0.2, 0) is 6.61 Å². The first kappa shape index (κ1) is 22.7. The predicted molar refractivity (Wildman–Crippen MR) is 128 cm³/mol. The normalized spacial score (nSPS) is 10.9. The summed E-state index contributed by atoms with van der Waals surface area (Å²) in [6, 6.07) is 23.7. The molecule has 0 aliphatic carbocycles. The monoisotopic (exact) mass is 457 g/mol. The summed E-state index contributed by atoms with van der Waals surface area (Å²) < 4.78 is 22.3. The summed E-state index contributed by atoms with van der Waals surface area (Å²) in [4.78, 5) is 15.4. The summed E-state index contributed by atoms with van der Waals surface area (Å²) in [5.41, 5.74) is 2.68. The Bertz CT molecular complexity index is 1310. The van der Waals surface area contributed by atoms with Gasteiger partial charge in [-0.15, -0.1) is 0 Å². The highest BCUT2D eigenvalue weighted by atomic mass is 16.5. The van der Waals surface area contributed by atoms with E-state index >= 15 is 0 Å². The van der Waals surface area contributed by atoms with Crippen LogP contribution in [0.3, 0.4) is 0 Å².